The van der Waals surface area contributed by atoms with E-state index in [1.807, 2.05) is 0 Å². The van der Waals surface area contributed by atoms with E-state index in [1.165, 1.54) is 0 Å². The summed E-state index contributed by atoms with van der Waals surface area (Å²) in [6, 6.07) is 0. The maximum atomic E-state index is 8.42. The zero-order valence-electron chi connectivity index (χ0n) is 9.23. The van der Waals surface area contributed by atoms with Gasteiger partial charge in [0.2, 0.25) is 0 Å². The molecule has 0 rings (SSSR count). The smallest absolute Gasteiger partial charge is 0.907 e. The number of hydrogen-bond donors (Lipinski definition) is 0. The Kier molecular flexibility index (Phi) is 437. The van der Waals surface area contributed by atoms with Crippen LogP contribution in [0, 0.1) is 0 Å². The SMILES string of the molecule is O.O.O.O.O.O.O.[Ba+2].[Ba+2].[Ba+2].[O-]B([O-])[O-].[O-]B([O-])[O-]. The first-order chi connectivity index (χ1) is 3.46. The molecule has 0 unspecified atom stereocenters. The Morgan fingerprint density at radius 3 is 0.333 bits per heavy atom. The molecule has 0 aliphatic heterocycles. The van der Waals surface area contributed by atoms with Crippen LogP contribution in [0.5, 0.6) is 0 Å². The first kappa shape index (κ1) is 95.2. The van der Waals surface area contributed by atoms with Crippen LogP contribution in [0.4, 0.5) is 0 Å². The average molecular weight is 656 g/mol. The Morgan fingerprint density at radius 2 is 0.333 bits per heavy atom. The minimum atomic E-state index is -2.92. The number of rotatable bonds is 0. The van der Waals surface area contributed by atoms with Crippen molar-refractivity contribution in [2.75, 3.05) is 0 Å². The van der Waals surface area contributed by atoms with Gasteiger partial charge in [-0.15, -0.1) is 0 Å². The van der Waals surface area contributed by atoms with Gasteiger partial charge in [0.15, 0.2) is 0 Å². The summed E-state index contributed by atoms with van der Waals surface area (Å²) in [6.45, 7) is 0. The van der Waals surface area contributed by atoms with Gasteiger partial charge >= 0.3 is 147 Å². The minimum absolute atomic E-state index is 0. The van der Waals surface area contributed by atoms with E-state index in [0.29, 0.717) is 0 Å². The van der Waals surface area contributed by atoms with Crippen LogP contribution in [-0.2, 0) is 0 Å². The standard InChI is InChI=1S/2BO3.3Ba.7H2O/c2*2-1(3)4;;;;;;;;;;/h;;;;;7*1H2/q2*-3;3*+2;;;;;;;. The fourth-order valence-corrected chi connectivity index (χ4v) is 0. The van der Waals surface area contributed by atoms with Gasteiger partial charge in [0.05, 0.1) is 0 Å². The van der Waals surface area contributed by atoms with E-state index >= 15 is 0 Å². The van der Waals surface area contributed by atoms with E-state index < -0.39 is 14.6 Å². The van der Waals surface area contributed by atoms with E-state index in [1.54, 1.807) is 0 Å². The summed E-state index contributed by atoms with van der Waals surface area (Å²) in [5.41, 5.74) is 0. The van der Waals surface area contributed by atoms with Crippen LogP contribution in [0.3, 0.4) is 0 Å². The molecule has 0 spiro atoms. The average Bonchev–Trinajstić information content (AvgIpc) is 1.25. The molecule has 0 amide bonds. The van der Waals surface area contributed by atoms with Crippen LogP contribution in [-0.4, -0.2) is 200 Å². The Bertz CT molecular complexity index is 35.7. The second kappa shape index (κ2) is 82.6. The molecule has 0 fully saturated rings. The predicted octanol–water partition coefficient (Wildman–Crippen LogP) is -14.8. The fourth-order valence-electron chi connectivity index (χ4n) is 0. The van der Waals surface area contributed by atoms with Crippen molar-refractivity contribution in [1.82, 2.24) is 0 Å². The molecule has 0 saturated carbocycles. The normalized spacial score (nSPS) is 3.00. The predicted molar refractivity (Wildman–Crippen MR) is 54.1 cm³/mol. The second-order valence-electron chi connectivity index (χ2n) is 0.577. The Labute approximate surface area is 224 Å². The zero-order chi connectivity index (χ0) is 7.15. The van der Waals surface area contributed by atoms with Gasteiger partial charge in [-0.2, -0.15) is 0 Å². The molecule has 0 aliphatic rings. The molecule has 13 nitrogen and oxygen atoms in total. The molecule has 0 aromatic heterocycles. The summed E-state index contributed by atoms with van der Waals surface area (Å²) in [7, 11) is -5.83. The van der Waals surface area contributed by atoms with E-state index in [9.17, 15) is 0 Å². The summed E-state index contributed by atoms with van der Waals surface area (Å²) < 4.78 is 0. The van der Waals surface area contributed by atoms with Gasteiger partial charge in [-0.25, -0.2) is 0 Å². The molecule has 18 heavy (non-hydrogen) atoms. The Balaban J connectivity index is -0.00000000257. The summed E-state index contributed by atoms with van der Waals surface area (Å²) >= 11 is 0. The third kappa shape index (κ3) is 406. The molecule has 0 radical (unpaired) electrons. The molecule has 0 aromatic rings. The Morgan fingerprint density at radius 1 is 0.333 bits per heavy atom. The van der Waals surface area contributed by atoms with Gasteiger partial charge in [0, 0.05) is 0 Å². The molecular formula is H14B2Ba3O13. The Hall–Kier alpha value is 4.32. The second-order valence-corrected chi connectivity index (χ2v) is 0.577. The van der Waals surface area contributed by atoms with Gasteiger partial charge < -0.3 is 68.5 Å². The van der Waals surface area contributed by atoms with E-state index in [-0.39, 0.29) is 185 Å². The topological polar surface area (TPSA) is 359 Å². The maximum Gasteiger partial charge on any atom is 2.00 e. The van der Waals surface area contributed by atoms with Crippen molar-refractivity contribution in [3.8, 4) is 0 Å². The van der Waals surface area contributed by atoms with Gasteiger partial charge in [0.1, 0.15) is 0 Å². The van der Waals surface area contributed by atoms with Crippen LogP contribution in [0.2, 0.25) is 0 Å². The molecule has 0 aromatic carbocycles. The van der Waals surface area contributed by atoms with Crippen molar-refractivity contribution in [2.24, 2.45) is 0 Å². The quantitative estimate of drug-likeness (QED) is 0.228. The van der Waals surface area contributed by atoms with Crippen molar-refractivity contribution < 1.29 is 68.5 Å². The summed E-state index contributed by atoms with van der Waals surface area (Å²) in [6.07, 6.45) is 0. The molecule has 0 atom stereocenters. The largest absolute Gasteiger partial charge is 2.00 e. The molecule has 0 aliphatic carbocycles. The third-order valence-corrected chi connectivity index (χ3v) is 0. The summed E-state index contributed by atoms with van der Waals surface area (Å²) in [4.78, 5) is 0. The first-order valence-corrected chi connectivity index (χ1v) is 1.41. The van der Waals surface area contributed by atoms with Crippen molar-refractivity contribution >= 4 is 161 Å². The van der Waals surface area contributed by atoms with Gasteiger partial charge in [0.25, 0.3) is 0 Å². The van der Waals surface area contributed by atoms with Crippen molar-refractivity contribution in [3.63, 3.8) is 0 Å². The summed E-state index contributed by atoms with van der Waals surface area (Å²) in [5, 5.41) is 50.5. The molecule has 0 saturated heterocycles. The molecular weight excluding hydrogens is 642 g/mol. The van der Waals surface area contributed by atoms with Gasteiger partial charge in [-0.1, -0.05) is 0 Å². The van der Waals surface area contributed by atoms with Gasteiger partial charge in [-0.05, 0) is 0 Å². The van der Waals surface area contributed by atoms with E-state index in [0.717, 1.165) is 0 Å². The first-order valence-electron chi connectivity index (χ1n) is 1.41. The number of hydrogen-bond acceptors (Lipinski definition) is 6. The van der Waals surface area contributed by atoms with Crippen molar-refractivity contribution in [2.45, 2.75) is 0 Å². The molecule has 0 heterocycles. The van der Waals surface area contributed by atoms with Crippen LogP contribution < -0.4 is 30.1 Å². The zero-order valence-corrected chi connectivity index (χ0v) is 22.5. The van der Waals surface area contributed by atoms with E-state index in [4.69, 9.17) is 30.1 Å². The minimum Gasteiger partial charge on any atom is -0.907 e. The van der Waals surface area contributed by atoms with Crippen molar-refractivity contribution in [3.05, 3.63) is 0 Å². The monoisotopic (exact) mass is 658 g/mol. The van der Waals surface area contributed by atoms with Crippen LogP contribution in [0.25, 0.3) is 0 Å². The molecule has 14 N–H and O–H groups in total. The maximum absolute atomic E-state index is 8.42. The molecule has 0 bridgehead atoms. The third-order valence-electron chi connectivity index (χ3n) is 0. The van der Waals surface area contributed by atoms with E-state index in [2.05, 4.69) is 0 Å². The van der Waals surface area contributed by atoms with Crippen LogP contribution >= 0.6 is 0 Å². The van der Waals surface area contributed by atoms with Crippen molar-refractivity contribution in [1.29, 1.82) is 0 Å². The molecule has 18 heteroatoms. The molecule has 104 valence electrons. The van der Waals surface area contributed by atoms with Crippen LogP contribution in [0.1, 0.15) is 0 Å². The fraction of sp³-hybridized carbons (Fsp3) is 0. The van der Waals surface area contributed by atoms with Gasteiger partial charge in [-0.3, -0.25) is 14.6 Å². The summed E-state index contributed by atoms with van der Waals surface area (Å²) in [5.74, 6) is 0. The van der Waals surface area contributed by atoms with Crippen LogP contribution in [0.15, 0.2) is 0 Å².